The highest BCUT2D eigenvalue weighted by atomic mass is 14.4. The molecule has 0 fully saturated rings. The Kier molecular flexibility index (Phi) is 3.98. The Morgan fingerprint density at radius 3 is 1.24 bits per heavy atom. The fourth-order valence-corrected chi connectivity index (χ4v) is 6.15. The van der Waals surface area contributed by atoms with Crippen molar-refractivity contribution < 1.29 is 0 Å². The summed E-state index contributed by atoms with van der Waals surface area (Å²) >= 11 is 0. The molecule has 0 saturated carbocycles. The van der Waals surface area contributed by atoms with Crippen molar-refractivity contribution >= 4 is 0 Å². The van der Waals surface area contributed by atoms with Crippen molar-refractivity contribution in [3.8, 4) is 22.3 Å². The summed E-state index contributed by atoms with van der Waals surface area (Å²) in [7, 11) is 0. The molecule has 5 aromatic carbocycles. The number of fused-ring (bicyclic) bond motifs is 6. The molecule has 0 aliphatic heterocycles. The van der Waals surface area contributed by atoms with Crippen molar-refractivity contribution in [3.63, 3.8) is 0 Å². The van der Waals surface area contributed by atoms with Crippen LogP contribution in [0.15, 0.2) is 115 Å². The molecule has 0 spiro atoms. The van der Waals surface area contributed by atoms with Crippen LogP contribution in [-0.2, 0) is 0 Å². The van der Waals surface area contributed by atoms with Gasteiger partial charge >= 0.3 is 0 Å². The van der Waals surface area contributed by atoms with E-state index in [9.17, 15) is 0 Å². The Hall–Kier alpha value is -3.90. The molecule has 0 heterocycles. The average molecular weight is 421 g/mol. The summed E-state index contributed by atoms with van der Waals surface area (Å²) in [5, 5.41) is 0. The molecule has 0 atom stereocenters. The van der Waals surface area contributed by atoms with Crippen LogP contribution in [0.25, 0.3) is 22.3 Å². The third-order valence-corrected chi connectivity index (χ3v) is 7.62. The molecule has 0 unspecified atom stereocenters. The lowest BCUT2D eigenvalue weighted by Crippen LogP contribution is -2.05. The molecule has 156 valence electrons. The van der Waals surface area contributed by atoms with Gasteiger partial charge in [-0.25, -0.2) is 0 Å². The van der Waals surface area contributed by atoms with Crippen LogP contribution < -0.4 is 0 Å². The van der Waals surface area contributed by atoms with Crippen LogP contribution in [0.1, 0.15) is 50.8 Å². The Bertz CT molecular complexity index is 1450. The molecule has 0 amide bonds. The Balaban J connectivity index is 1.44. The summed E-state index contributed by atoms with van der Waals surface area (Å²) in [6, 6.07) is 42.8. The molecule has 2 aliphatic rings. The van der Waals surface area contributed by atoms with E-state index < -0.39 is 0 Å². The normalized spacial score (nSPS) is 14.0. The van der Waals surface area contributed by atoms with Crippen LogP contribution in [0.2, 0.25) is 0 Å². The van der Waals surface area contributed by atoms with E-state index in [4.69, 9.17) is 0 Å². The first-order chi connectivity index (χ1) is 16.3. The summed E-state index contributed by atoms with van der Waals surface area (Å²) < 4.78 is 0. The number of rotatable bonds is 2. The van der Waals surface area contributed by atoms with Crippen molar-refractivity contribution in [2.45, 2.75) is 18.8 Å². The first-order valence-electron chi connectivity index (χ1n) is 11.8. The van der Waals surface area contributed by atoms with Crippen molar-refractivity contribution in [1.29, 1.82) is 0 Å². The maximum atomic E-state index is 2.49. The number of benzene rings is 5. The SMILES string of the molecule is Cc1ccc(C2c3ccccc3-c3ccccc32)cc1C1c2ccccc2-c2ccccc21. The number of aryl methyl sites for hydroxylation is 1. The van der Waals surface area contributed by atoms with E-state index in [0.717, 1.165) is 0 Å². The van der Waals surface area contributed by atoms with Gasteiger partial charge in [-0.15, -0.1) is 0 Å². The first-order valence-corrected chi connectivity index (χ1v) is 11.8. The van der Waals surface area contributed by atoms with Crippen LogP contribution in [0.4, 0.5) is 0 Å². The molecule has 7 rings (SSSR count). The third kappa shape index (κ3) is 2.64. The van der Waals surface area contributed by atoms with Gasteiger partial charge in [0.2, 0.25) is 0 Å². The van der Waals surface area contributed by atoms with Crippen molar-refractivity contribution in [2.24, 2.45) is 0 Å². The van der Waals surface area contributed by atoms with E-state index in [1.165, 1.54) is 61.2 Å². The first kappa shape index (κ1) is 18.7. The molecule has 2 aliphatic carbocycles. The van der Waals surface area contributed by atoms with E-state index in [1.807, 2.05) is 0 Å². The topological polar surface area (TPSA) is 0 Å². The van der Waals surface area contributed by atoms with Crippen LogP contribution in [0.5, 0.6) is 0 Å². The van der Waals surface area contributed by atoms with Gasteiger partial charge in [0, 0.05) is 11.8 Å². The molecule has 0 bridgehead atoms. The highest BCUT2D eigenvalue weighted by Crippen LogP contribution is 2.51. The predicted molar refractivity (Wildman–Crippen MR) is 137 cm³/mol. The largest absolute Gasteiger partial charge is 0.0619 e. The Labute approximate surface area is 195 Å². The minimum Gasteiger partial charge on any atom is -0.0619 e. The molecule has 0 aromatic heterocycles. The monoisotopic (exact) mass is 420 g/mol. The Morgan fingerprint density at radius 1 is 0.394 bits per heavy atom. The van der Waals surface area contributed by atoms with E-state index in [2.05, 4.69) is 122 Å². The van der Waals surface area contributed by atoms with Gasteiger partial charge in [0.05, 0.1) is 0 Å². The van der Waals surface area contributed by atoms with Gasteiger partial charge in [0.1, 0.15) is 0 Å². The van der Waals surface area contributed by atoms with Crippen LogP contribution in [0.3, 0.4) is 0 Å². The molecule has 0 N–H and O–H groups in total. The molecule has 0 radical (unpaired) electrons. The van der Waals surface area contributed by atoms with E-state index in [-0.39, 0.29) is 11.8 Å². The number of hydrogen-bond donors (Lipinski definition) is 0. The van der Waals surface area contributed by atoms with Crippen molar-refractivity contribution in [2.75, 3.05) is 0 Å². The second kappa shape index (κ2) is 7.05. The minimum atomic E-state index is 0.281. The molecular formula is C33H24. The van der Waals surface area contributed by atoms with Gasteiger partial charge in [0.15, 0.2) is 0 Å². The van der Waals surface area contributed by atoms with E-state index >= 15 is 0 Å². The number of hydrogen-bond acceptors (Lipinski definition) is 0. The van der Waals surface area contributed by atoms with Crippen molar-refractivity contribution in [3.05, 3.63) is 154 Å². The molecule has 0 heteroatoms. The highest BCUT2D eigenvalue weighted by Gasteiger charge is 2.33. The highest BCUT2D eigenvalue weighted by molar-refractivity contribution is 5.82. The van der Waals surface area contributed by atoms with Gasteiger partial charge < -0.3 is 0 Å². The van der Waals surface area contributed by atoms with Gasteiger partial charge in [-0.3, -0.25) is 0 Å². The van der Waals surface area contributed by atoms with Crippen LogP contribution in [-0.4, -0.2) is 0 Å². The second-order valence-electron chi connectivity index (χ2n) is 9.33. The van der Waals surface area contributed by atoms with E-state index in [0.29, 0.717) is 0 Å². The summed E-state index contributed by atoms with van der Waals surface area (Å²) in [5.41, 5.74) is 15.3. The lowest BCUT2D eigenvalue weighted by Gasteiger charge is -2.21. The molecule has 0 saturated heterocycles. The van der Waals surface area contributed by atoms with Gasteiger partial charge in [-0.05, 0) is 68.1 Å². The van der Waals surface area contributed by atoms with Gasteiger partial charge in [-0.1, -0.05) is 115 Å². The molecule has 33 heavy (non-hydrogen) atoms. The zero-order valence-electron chi connectivity index (χ0n) is 18.6. The smallest absolute Gasteiger partial charge is 0.0355 e. The summed E-state index contributed by atoms with van der Waals surface area (Å²) in [5.74, 6) is 0.563. The van der Waals surface area contributed by atoms with Gasteiger partial charge in [0.25, 0.3) is 0 Å². The zero-order chi connectivity index (χ0) is 21.9. The van der Waals surface area contributed by atoms with E-state index in [1.54, 1.807) is 0 Å². The maximum absolute atomic E-state index is 2.49. The van der Waals surface area contributed by atoms with Crippen LogP contribution >= 0.6 is 0 Å². The third-order valence-electron chi connectivity index (χ3n) is 7.62. The summed E-state index contributed by atoms with van der Waals surface area (Å²) in [4.78, 5) is 0. The predicted octanol–water partition coefficient (Wildman–Crippen LogP) is 8.32. The fourth-order valence-electron chi connectivity index (χ4n) is 6.15. The maximum Gasteiger partial charge on any atom is 0.0355 e. The molecular weight excluding hydrogens is 396 g/mol. The zero-order valence-corrected chi connectivity index (χ0v) is 18.6. The summed E-state index contributed by atoms with van der Waals surface area (Å²) in [6.07, 6.45) is 0. The fraction of sp³-hybridized carbons (Fsp3) is 0.0909. The average Bonchev–Trinajstić information content (AvgIpc) is 3.38. The standard InChI is InChI=1S/C33H24/c1-21-18-19-22(32-27-14-6-2-10-23(27)24-11-3-7-15-28(24)32)20-31(21)33-29-16-8-4-12-25(29)26-13-5-9-17-30(26)33/h2-20,32-33H,1H3. The molecule has 5 aromatic rings. The lowest BCUT2D eigenvalue weighted by atomic mass is 9.82. The quantitative estimate of drug-likeness (QED) is 0.264. The van der Waals surface area contributed by atoms with Crippen molar-refractivity contribution in [1.82, 2.24) is 0 Å². The summed E-state index contributed by atoms with van der Waals surface area (Å²) in [6.45, 7) is 2.26. The second-order valence-corrected chi connectivity index (χ2v) is 9.33. The minimum absolute atomic E-state index is 0.281. The molecule has 0 nitrogen and oxygen atoms in total. The van der Waals surface area contributed by atoms with Crippen LogP contribution in [0, 0.1) is 6.92 Å². The van der Waals surface area contributed by atoms with Gasteiger partial charge in [-0.2, -0.15) is 0 Å². The Morgan fingerprint density at radius 2 is 0.788 bits per heavy atom. The lowest BCUT2D eigenvalue weighted by molar-refractivity contribution is 0.960.